The number of hydrogen-bond acceptors (Lipinski definition) is 2. The molecule has 12 aromatic rings. The van der Waals surface area contributed by atoms with E-state index in [0.29, 0.717) is 0 Å². The van der Waals surface area contributed by atoms with Crippen molar-refractivity contribution in [3.8, 4) is 66.8 Å². The highest BCUT2D eigenvalue weighted by atomic mass is 16.3. The molecule has 322 valence electrons. The second-order valence-corrected chi connectivity index (χ2v) is 18.3. The number of para-hydroxylation sites is 2. The molecule has 0 N–H and O–H groups in total. The van der Waals surface area contributed by atoms with Crippen molar-refractivity contribution in [3.63, 3.8) is 0 Å². The predicted molar refractivity (Wildman–Crippen MR) is 286 cm³/mol. The largest absolute Gasteiger partial charge is 0.455 e. The van der Waals surface area contributed by atoms with E-state index in [-0.39, 0.29) is 0 Å². The quantitative estimate of drug-likeness (QED) is 0.159. The highest BCUT2D eigenvalue weighted by Crippen LogP contribution is 2.65. The molecule has 2 nitrogen and oxygen atoms in total. The SMILES string of the molecule is c1ccc(-c2ccc(-c3ccc(N(c4ccc(-c5cccc6c5oc5ccccc56)cc4)c4cc(-c5ccccc5)cc5c4-c4ccccc4C54c5ccccc5-c5ccccc54)cc3)cc2)cc1. The fourth-order valence-electron chi connectivity index (χ4n) is 11.6. The Hall–Kier alpha value is -8.98. The molecule has 2 heteroatoms. The molecule has 69 heavy (non-hydrogen) atoms. The van der Waals surface area contributed by atoms with Crippen LogP contribution in [-0.2, 0) is 5.41 Å². The lowest BCUT2D eigenvalue weighted by atomic mass is 9.70. The Labute approximate surface area is 401 Å². The number of furan rings is 1. The maximum absolute atomic E-state index is 6.56. The van der Waals surface area contributed by atoms with Crippen LogP contribution in [0.5, 0.6) is 0 Å². The van der Waals surface area contributed by atoms with E-state index < -0.39 is 5.41 Å². The minimum Gasteiger partial charge on any atom is -0.455 e. The molecule has 2 aliphatic carbocycles. The molecule has 11 aromatic carbocycles. The molecule has 0 radical (unpaired) electrons. The molecule has 0 aliphatic heterocycles. The van der Waals surface area contributed by atoms with Gasteiger partial charge in [0.05, 0.1) is 11.1 Å². The third-order valence-corrected chi connectivity index (χ3v) is 14.7. The number of nitrogens with zero attached hydrogens (tertiary/aromatic N) is 1. The van der Waals surface area contributed by atoms with Crippen molar-refractivity contribution in [2.45, 2.75) is 5.41 Å². The summed E-state index contributed by atoms with van der Waals surface area (Å²) < 4.78 is 6.56. The van der Waals surface area contributed by atoms with Gasteiger partial charge in [-0.2, -0.15) is 0 Å². The third-order valence-electron chi connectivity index (χ3n) is 14.7. The van der Waals surface area contributed by atoms with Gasteiger partial charge in [0.15, 0.2) is 0 Å². The summed E-state index contributed by atoms with van der Waals surface area (Å²) >= 11 is 0. The zero-order chi connectivity index (χ0) is 45.5. The van der Waals surface area contributed by atoms with Gasteiger partial charge in [-0.25, -0.2) is 0 Å². The highest BCUT2D eigenvalue weighted by molar-refractivity contribution is 6.10. The lowest BCUT2D eigenvalue weighted by molar-refractivity contribution is 0.670. The van der Waals surface area contributed by atoms with E-state index in [1.54, 1.807) is 0 Å². The van der Waals surface area contributed by atoms with Gasteiger partial charge in [0.2, 0.25) is 0 Å². The molecule has 0 atom stereocenters. The van der Waals surface area contributed by atoms with Gasteiger partial charge in [0.25, 0.3) is 0 Å². The molecule has 14 rings (SSSR count). The summed E-state index contributed by atoms with van der Waals surface area (Å²) in [6.45, 7) is 0. The predicted octanol–water partition coefficient (Wildman–Crippen LogP) is 18.1. The first-order valence-electron chi connectivity index (χ1n) is 23.8. The van der Waals surface area contributed by atoms with Gasteiger partial charge in [-0.3, -0.25) is 0 Å². The van der Waals surface area contributed by atoms with Crippen molar-refractivity contribution in [3.05, 3.63) is 283 Å². The van der Waals surface area contributed by atoms with Crippen molar-refractivity contribution < 1.29 is 4.42 Å². The molecule has 0 amide bonds. The van der Waals surface area contributed by atoms with Crippen molar-refractivity contribution in [1.29, 1.82) is 0 Å². The van der Waals surface area contributed by atoms with Crippen LogP contribution < -0.4 is 4.90 Å². The maximum atomic E-state index is 6.56. The van der Waals surface area contributed by atoms with Crippen LogP contribution in [-0.4, -0.2) is 0 Å². The summed E-state index contributed by atoms with van der Waals surface area (Å²) in [7, 11) is 0. The smallest absolute Gasteiger partial charge is 0.143 e. The third kappa shape index (κ3) is 5.99. The monoisotopic (exact) mass is 877 g/mol. The molecular weight excluding hydrogens is 835 g/mol. The maximum Gasteiger partial charge on any atom is 0.143 e. The Bertz CT molecular complexity index is 3880. The lowest BCUT2D eigenvalue weighted by Crippen LogP contribution is -2.26. The second-order valence-electron chi connectivity index (χ2n) is 18.3. The zero-order valence-corrected chi connectivity index (χ0v) is 37.7. The molecular formula is C67H43NO. The van der Waals surface area contributed by atoms with E-state index in [0.717, 1.165) is 50.1 Å². The zero-order valence-electron chi connectivity index (χ0n) is 37.7. The number of fused-ring (bicyclic) bond motifs is 13. The van der Waals surface area contributed by atoms with Crippen LogP contribution >= 0.6 is 0 Å². The molecule has 0 bridgehead atoms. The molecule has 2 aliphatic rings. The first-order valence-corrected chi connectivity index (χ1v) is 23.8. The Morgan fingerprint density at radius 2 is 0.725 bits per heavy atom. The number of benzene rings is 11. The molecule has 1 spiro atoms. The summed E-state index contributed by atoms with van der Waals surface area (Å²) in [4.78, 5) is 2.49. The Morgan fingerprint density at radius 3 is 1.33 bits per heavy atom. The second kappa shape index (κ2) is 15.6. The fourth-order valence-corrected chi connectivity index (χ4v) is 11.6. The van der Waals surface area contributed by atoms with E-state index in [4.69, 9.17) is 4.42 Å². The lowest BCUT2D eigenvalue weighted by Gasteiger charge is -2.32. The number of anilines is 3. The highest BCUT2D eigenvalue weighted by Gasteiger charge is 2.52. The Balaban J connectivity index is 0.999. The standard InChI is InChI=1S/C67H43NO/c1-3-16-44(17-4-1)46-30-32-47(33-31-46)48-34-38-51(39-35-48)68(52-40-36-49(37-41-52)53-24-15-25-57-56-22-10-14-29-64(56)69-66(53)57)63-43-50(45-18-5-2-6-19-45)42-62-65(63)58-23-9-13-28-61(58)67(62)59-26-11-7-20-54(59)55-21-8-12-27-60(55)67/h1-43H. The molecule has 1 aromatic heterocycles. The van der Waals surface area contributed by atoms with Crippen LogP contribution in [0, 0.1) is 0 Å². The summed E-state index contributed by atoms with van der Waals surface area (Å²) in [6.07, 6.45) is 0. The Morgan fingerprint density at radius 1 is 0.290 bits per heavy atom. The fraction of sp³-hybridized carbons (Fsp3) is 0.0149. The van der Waals surface area contributed by atoms with E-state index in [9.17, 15) is 0 Å². The van der Waals surface area contributed by atoms with Crippen molar-refractivity contribution in [2.75, 3.05) is 4.90 Å². The molecule has 1 heterocycles. The summed E-state index contributed by atoms with van der Waals surface area (Å²) in [5, 5.41) is 2.25. The topological polar surface area (TPSA) is 16.4 Å². The Kier molecular flexibility index (Phi) is 8.84. The van der Waals surface area contributed by atoms with Gasteiger partial charge < -0.3 is 9.32 Å². The van der Waals surface area contributed by atoms with Crippen LogP contribution in [0.2, 0.25) is 0 Å². The van der Waals surface area contributed by atoms with Crippen LogP contribution in [0.3, 0.4) is 0 Å². The van der Waals surface area contributed by atoms with Crippen LogP contribution in [0.4, 0.5) is 17.1 Å². The van der Waals surface area contributed by atoms with Gasteiger partial charge >= 0.3 is 0 Å². The minimum absolute atomic E-state index is 0.519. The number of rotatable bonds is 7. The molecule has 0 unspecified atom stereocenters. The van der Waals surface area contributed by atoms with E-state index in [2.05, 4.69) is 260 Å². The normalized spacial score (nSPS) is 12.8. The van der Waals surface area contributed by atoms with Gasteiger partial charge in [-0.05, 0) is 120 Å². The van der Waals surface area contributed by atoms with E-state index in [1.165, 1.54) is 77.9 Å². The van der Waals surface area contributed by atoms with Gasteiger partial charge in [-0.1, -0.05) is 218 Å². The van der Waals surface area contributed by atoms with Gasteiger partial charge in [0.1, 0.15) is 11.2 Å². The van der Waals surface area contributed by atoms with Crippen LogP contribution in [0.15, 0.2) is 265 Å². The minimum atomic E-state index is -0.519. The summed E-state index contributed by atoms with van der Waals surface area (Å²) in [5.41, 5.74) is 24.2. The molecule has 0 saturated heterocycles. The van der Waals surface area contributed by atoms with E-state index >= 15 is 0 Å². The summed E-state index contributed by atoms with van der Waals surface area (Å²) in [5.74, 6) is 0. The van der Waals surface area contributed by atoms with Gasteiger partial charge in [0, 0.05) is 33.3 Å². The van der Waals surface area contributed by atoms with E-state index in [1.807, 2.05) is 6.07 Å². The molecule has 0 fully saturated rings. The van der Waals surface area contributed by atoms with Crippen LogP contribution in [0.25, 0.3) is 88.7 Å². The first kappa shape index (κ1) is 39.2. The van der Waals surface area contributed by atoms with Gasteiger partial charge in [-0.15, -0.1) is 0 Å². The average Bonchev–Trinajstić information content (AvgIpc) is 4.06. The summed E-state index contributed by atoms with van der Waals surface area (Å²) in [6, 6.07) is 95.6. The van der Waals surface area contributed by atoms with Crippen molar-refractivity contribution in [1.82, 2.24) is 0 Å². The first-order chi connectivity index (χ1) is 34.2. The van der Waals surface area contributed by atoms with Crippen molar-refractivity contribution in [2.24, 2.45) is 0 Å². The van der Waals surface area contributed by atoms with Crippen molar-refractivity contribution >= 4 is 39.0 Å². The number of hydrogen-bond donors (Lipinski definition) is 0. The van der Waals surface area contributed by atoms with Crippen LogP contribution in [0.1, 0.15) is 22.3 Å². The molecule has 0 saturated carbocycles. The average molecular weight is 878 g/mol.